The third-order valence-electron chi connectivity index (χ3n) is 5.51. The number of amides is 1. The van der Waals surface area contributed by atoms with Gasteiger partial charge in [-0.1, -0.05) is 60.6 Å². The Morgan fingerprint density at radius 1 is 1.10 bits per heavy atom. The minimum absolute atomic E-state index is 0.115. The van der Waals surface area contributed by atoms with Crippen molar-refractivity contribution in [2.45, 2.75) is 38.6 Å². The molecule has 6 heteroatoms. The number of rotatable bonds is 11. The van der Waals surface area contributed by atoms with Gasteiger partial charge in [0.25, 0.3) is 0 Å². The molecule has 0 aliphatic rings. The Kier molecular flexibility index (Phi) is 8.93. The molecular weight excluding hydrogens is 394 g/mol. The lowest BCUT2D eigenvalue weighted by molar-refractivity contribution is -0.229. The highest BCUT2D eigenvalue weighted by atomic mass is 32.2. The largest absolute Gasteiger partial charge is 0.856 e. The van der Waals surface area contributed by atoms with Crippen molar-refractivity contribution < 1.29 is 9.90 Å². The Labute approximate surface area is 184 Å². The first-order valence-electron chi connectivity index (χ1n) is 10.4. The maximum Gasteiger partial charge on any atom is 0.221 e. The van der Waals surface area contributed by atoms with Crippen LogP contribution in [0.1, 0.15) is 32.3 Å². The Morgan fingerprint density at radius 3 is 2.23 bits per heavy atom. The van der Waals surface area contributed by atoms with Crippen LogP contribution in [0, 0.1) is 0 Å². The van der Waals surface area contributed by atoms with Gasteiger partial charge in [-0.2, -0.15) is 16.4 Å². The van der Waals surface area contributed by atoms with Crippen molar-refractivity contribution in [1.29, 1.82) is 0 Å². The van der Waals surface area contributed by atoms with E-state index >= 15 is 0 Å². The van der Waals surface area contributed by atoms with Crippen LogP contribution < -0.4 is 15.0 Å². The average molecular weight is 428 g/mol. The fourth-order valence-corrected chi connectivity index (χ4v) is 3.75. The van der Waals surface area contributed by atoms with Crippen molar-refractivity contribution in [3.05, 3.63) is 66.2 Å². The van der Waals surface area contributed by atoms with Gasteiger partial charge < -0.3 is 10.4 Å². The molecule has 162 valence electrons. The molecule has 0 spiro atoms. The van der Waals surface area contributed by atoms with E-state index in [1.54, 1.807) is 11.8 Å². The first kappa shape index (κ1) is 24.0. The minimum atomic E-state index is -1.07. The number of carbonyl (C=O) groups is 1. The Morgan fingerprint density at radius 2 is 1.70 bits per heavy atom. The molecule has 0 radical (unpaired) electrons. The lowest BCUT2D eigenvalue weighted by Crippen LogP contribution is -2.61. The summed E-state index contributed by atoms with van der Waals surface area (Å²) in [5.41, 5.74) is 0.866. The summed E-state index contributed by atoms with van der Waals surface area (Å²) < 4.78 is 0.136. The van der Waals surface area contributed by atoms with E-state index in [4.69, 9.17) is 0 Å². The fraction of sp³-hybridized carbons (Fsp3) is 0.417. The number of nitrogens with one attached hydrogen (secondary N) is 1. The number of thioether (sulfide) groups is 1. The zero-order valence-electron chi connectivity index (χ0n) is 18.4. The molecule has 1 N–H and O–H groups in total. The highest BCUT2D eigenvalue weighted by Crippen LogP contribution is 2.24. The van der Waals surface area contributed by atoms with Crippen LogP contribution in [0.2, 0.25) is 0 Å². The molecular formula is C24H33N3O2S. The molecule has 0 fully saturated rings. The summed E-state index contributed by atoms with van der Waals surface area (Å²) in [5, 5.41) is 21.4. The summed E-state index contributed by atoms with van der Waals surface area (Å²) in [5.74, 6) is 0.311. The molecule has 5 nitrogen and oxygen atoms in total. The van der Waals surface area contributed by atoms with Crippen molar-refractivity contribution in [2.24, 2.45) is 5.10 Å². The maximum atomic E-state index is 13.7. The molecule has 2 aromatic rings. The minimum Gasteiger partial charge on any atom is -0.856 e. The number of hydrogen-bond donors (Lipinski definition) is 1. The van der Waals surface area contributed by atoms with Crippen molar-refractivity contribution in [1.82, 2.24) is 9.91 Å². The number of nitrogens with zero attached hydrogens (tertiary/aromatic N) is 2. The monoisotopic (exact) mass is 427 g/mol. The van der Waals surface area contributed by atoms with Gasteiger partial charge in [-0.25, -0.2) is 0 Å². The van der Waals surface area contributed by atoms with Gasteiger partial charge in [0.2, 0.25) is 5.91 Å². The van der Waals surface area contributed by atoms with Gasteiger partial charge in [-0.05, 0) is 25.2 Å². The van der Waals surface area contributed by atoms with E-state index in [0.717, 1.165) is 17.0 Å². The predicted octanol–water partition coefficient (Wildman–Crippen LogP) is 3.58. The van der Waals surface area contributed by atoms with Crippen LogP contribution in [-0.4, -0.2) is 42.9 Å². The van der Waals surface area contributed by atoms with Crippen LogP contribution in [0.4, 0.5) is 5.69 Å². The third-order valence-corrected chi connectivity index (χ3v) is 6.13. The Balaban J connectivity index is 2.47. The smallest absolute Gasteiger partial charge is 0.221 e. The van der Waals surface area contributed by atoms with Gasteiger partial charge in [0, 0.05) is 36.6 Å². The molecule has 30 heavy (non-hydrogen) atoms. The molecule has 0 aromatic heterocycles. The van der Waals surface area contributed by atoms with Crippen molar-refractivity contribution >= 4 is 29.3 Å². The van der Waals surface area contributed by atoms with Crippen LogP contribution in [-0.2, 0) is 11.2 Å². The number of para-hydroxylation sites is 1. The normalized spacial score (nSPS) is 15.8. The molecule has 2 atom stereocenters. The summed E-state index contributed by atoms with van der Waals surface area (Å²) in [7, 11) is 1.92. The van der Waals surface area contributed by atoms with Gasteiger partial charge in [0.05, 0.1) is 12.6 Å². The molecule has 0 saturated carbocycles. The average Bonchev–Trinajstić information content (AvgIpc) is 2.78. The second-order valence-corrected chi connectivity index (χ2v) is 8.57. The van der Waals surface area contributed by atoms with Gasteiger partial charge in [0.1, 0.15) is 6.54 Å². The highest BCUT2D eigenvalue weighted by molar-refractivity contribution is 7.98. The van der Waals surface area contributed by atoms with Crippen molar-refractivity contribution in [3.8, 4) is 0 Å². The molecule has 0 saturated heterocycles. The lowest BCUT2D eigenvalue weighted by Gasteiger charge is -2.40. The van der Waals surface area contributed by atoms with Crippen LogP contribution in [0.15, 0.2) is 65.8 Å². The van der Waals surface area contributed by atoms with Crippen LogP contribution in [0.5, 0.6) is 0 Å². The second kappa shape index (κ2) is 11.2. The van der Waals surface area contributed by atoms with E-state index in [2.05, 4.69) is 10.4 Å². The lowest BCUT2D eigenvalue weighted by atomic mass is 9.87. The van der Waals surface area contributed by atoms with Crippen LogP contribution in [0.3, 0.4) is 0 Å². The zero-order chi connectivity index (χ0) is 22.0. The van der Waals surface area contributed by atoms with E-state index in [1.165, 1.54) is 0 Å². The van der Waals surface area contributed by atoms with Gasteiger partial charge in [-0.3, -0.25) is 4.79 Å². The number of hydrogen-bond acceptors (Lipinski definition) is 4. The van der Waals surface area contributed by atoms with Crippen LogP contribution in [0.25, 0.3) is 0 Å². The Hall–Kier alpha value is -2.31. The molecule has 0 aliphatic carbocycles. The van der Waals surface area contributed by atoms with E-state index < -0.39 is 5.54 Å². The topological polar surface area (TPSA) is 64.5 Å². The predicted molar refractivity (Wildman–Crippen MR) is 126 cm³/mol. The standard InChI is InChI=1S/C24H33N3O2S/c1-5-24(25-22(28)17-18-30-4,19-20-13-9-7-10-14-20)23(29)26-27(3,6-2)21-15-11-8-12-16-21/h7-16H,5-6,17-19H2,1-4H3,(H-,25,26,28,29). The van der Waals surface area contributed by atoms with E-state index in [0.29, 0.717) is 25.8 Å². The van der Waals surface area contributed by atoms with Crippen molar-refractivity contribution in [3.63, 3.8) is 0 Å². The molecule has 1 amide bonds. The first-order valence-corrected chi connectivity index (χ1v) is 11.8. The fourth-order valence-electron chi connectivity index (χ4n) is 3.36. The number of benzene rings is 2. The van der Waals surface area contributed by atoms with Gasteiger partial charge >= 0.3 is 0 Å². The highest BCUT2D eigenvalue weighted by Gasteiger charge is 2.34. The van der Waals surface area contributed by atoms with Gasteiger partial charge in [-0.15, -0.1) is 0 Å². The first-order chi connectivity index (χ1) is 14.4. The number of quaternary nitrogens is 1. The molecule has 0 bridgehead atoms. The van der Waals surface area contributed by atoms with Crippen LogP contribution >= 0.6 is 11.8 Å². The molecule has 0 heterocycles. The van der Waals surface area contributed by atoms with E-state index in [9.17, 15) is 9.90 Å². The summed E-state index contributed by atoms with van der Waals surface area (Å²) in [6.45, 7) is 4.57. The number of carbonyl (C=O) groups excluding carboxylic acids is 1. The molecule has 2 rings (SSSR count). The second-order valence-electron chi connectivity index (χ2n) is 7.59. The summed E-state index contributed by atoms with van der Waals surface area (Å²) in [4.78, 5) is 12.7. The van der Waals surface area contributed by atoms with E-state index in [-0.39, 0.29) is 16.4 Å². The summed E-state index contributed by atoms with van der Waals surface area (Å²) >= 11 is 1.61. The molecule has 2 unspecified atom stereocenters. The van der Waals surface area contributed by atoms with Crippen molar-refractivity contribution in [2.75, 3.05) is 25.6 Å². The van der Waals surface area contributed by atoms with Gasteiger partial charge in [0.15, 0.2) is 5.69 Å². The zero-order valence-corrected chi connectivity index (χ0v) is 19.2. The van der Waals surface area contributed by atoms with E-state index in [1.807, 2.05) is 87.8 Å². The summed E-state index contributed by atoms with van der Waals surface area (Å²) in [6, 6.07) is 19.6. The quantitative estimate of drug-likeness (QED) is 0.258. The maximum absolute atomic E-state index is 13.7. The molecule has 2 aromatic carbocycles. The Bertz CT molecular complexity index is 829. The third kappa shape index (κ3) is 6.09. The summed E-state index contributed by atoms with van der Waals surface area (Å²) in [6.07, 6.45) is 3.22. The SMILES string of the molecule is CCC(Cc1ccccc1)(NC(=O)CCSC)/C([O-])=N/[N+](C)(CC)c1ccccc1. The molecule has 0 aliphatic heterocycles.